The van der Waals surface area contributed by atoms with Gasteiger partial charge in [0.2, 0.25) is 5.43 Å². The number of benzene rings is 3. The van der Waals surface area contributed by atoms with E-state index in [1.54, 1.807) is 7.11 Å². The van der Waals surface area contributed by atoms with Crippen LogP contribution in [0.4, 0.5) is 0 Å². The van der Waals surface area contributed by atoms with Crippen molar-refractivity contribution < 1.29 is 9.15 Å². The molecule has 0 radical (unpaired) electrons. The Balaban J connectivity index is 2.18. The fourth-order valence-electron chi connectivity index (χ4n) is 3.95. The van der Waals surface area contributed by atoms with Crippen molar-refractivity contribution in [2.45, 2.75) is 13.5 Å². The molecule has 4 nitrogen and oxygen atoms in total. The molecule has 0 saturated heterocycles. The molecule has 0 aliphatic carbocycles. The SMILES string of the molecule is CCn1c2ccccc2c2cc(OC)c3oc4ccccc4c(=O)c3c21. The molecule has 2 heterocycles. The van der Waals surface area contributed by atoms with Crippen LogP contribution in [0, 0.1) is 0 Å². The smallest absolute Gasteiger partial charge is 0.202 e. The van der Waals surface area contributed by atoms with Gasteiger partial charge in [-0.25, -0.2) is 0 Å². The van der Waals surface area contributed by atoms with E-state index in [0.717, 1.165) is 28.4 Å². The van der Waals surface area contributed by atoms with Crippen LogP contribution >= 0.6 is 0 Å². The lowest BCUT2D eigenvalue weighted by molar-refractivity contribution is 0.412. The van der Waals surface area contributed by atoms with Crippen LogP contribution in [0.3, 0.4) is 0 Å². The van der Waals surface area contributed by atoms with Gasteiger partial charge in [0.25, 0.3) is 0 Å². The Morgan fingerprint density at radius 2 is 1.73 bits per heavy atom. The molecule has 0 fully saturated rings. The Bertz CT molecular complexity index is 1380. The number of aromatic nitrogens is 1. The predicted octanol–water partition coefficient (Wildman–Crippen LogP) is 5.08. The lowest BCUT2D eigenvalue weighted by Crippen LogP contribution is -2.06. The zero-order valence-electron chi connectivity index (χ0n) is 14.6. The summed E-state index contributed by atoms with van der Waals surface area (Å²) in [6, 6.07) is 17.5. The summed E-state index contributed by atoms with van der Waals surface area (Å²) in [4.78, 5) is 13.4. The third-order valence-corrected chi connectivity index (χ3v) is 5.08. The third kappa shape index (κ3) is 1.81. The lowest BCUT2D eigenvalue weighted by atomic mass is 10.1. The Kier molecular flexibility index (Phi) is 3.10. The summed E-state index contributed by atoms with van der Waals surface area (Å²) in [5.41, 5.74) is 3.06. The Morgan fingerprint density at radius 1 is 1.00 bits per heavy atom. The van der Waals surface area contributed by atoms with Crippen LogP contribution in [0.25, 0.3) is 43.7 Å². The zero-order valence-corrected chi connectivity index (χ0v) is 14.6. The molecule has 4 heteroatoms. The summed E-state index contributed by atoms with van der Waals surface area (Å²) in [7, 11) is 1.61. The number of para-hydroxylation sites is 2. The molecule has 0 N–H and O–H groups in total. The first-order valence-electron chi connectivity index (χ1n) is 8.68. The highest BCUT2D eigenvalue weighted by molar-refractivity contribution is 6.19. The molecule has 0 amide bonds. The van der Waals surface area contributed by atoms with E-state index in [2.05, 4.69) is 23.6 Å². The van der Waals surface area contributed by atoms with Gasteiger partial charge >= 0.3 is 0 Å². The highest BCUT2D eigenvalue weighted by Crippen LogP contribution is 2.38. The van der Waals surface area contributed by atoms with Gasteiger partial charge < -0.3 is 13.7 Å². The molecular weight excluding hydrogens is 326 g/mol. The van der Waals surface area contributed by atoms with E-state index in [1.807, 2.05) is 42.5 Å². The Labute approximate surface area is 149 Å². The maximum absolute atomic E-state index is 13.4. The van der Waals surface area contributed by atoms with E-state index >= 15 is 0 Å². The van der Waals surface area contributed by atoms with Crippen molar-refractivity contribution in [2.24, 2.45) is 0 Å². The molecular formula is C22H17NO3. The molecule has 5 rings (SSSR count). The molecule has 0 bridgehead atoms. The molecule has 128 valence electrons. The maximum atomic E-state index is 13.4. The summed E-state index contributed by atoms with van der Waals surface area (Å²) in [6.45, 7) is 2.85. The fourth-order valence-corrected chi connectivity index (χ4v) is 3.95. The highest BCUT2D eigenvalue weighted by Gasteiger charge is 2.20. The van der Waals surface area contributed by atoms with Crippen molar-refractivity contribution >= 4 is 43.7 Å². The molecule has 0 aliphatic rings. The van der Waals surface area contributed by atoms with Gasteiger partial charge in [-0.1, -0.05) is 30.3 Å². The lowest BCUT2D eigenvalue weighted by Gasteiger charge is -2.10. The standard InChI is InChI=1S/C22H17NO3/c1-3-23-16-10-6-4-8-13(16)15-12-18(25-2)22-19(20(15)23)21(24)14-9-5-7-11-17(14)26-22/h4-12H,3H2,1-2H3. The van der Waals surface area contributed by atoms with Crippen LogP contribution in [0.15, 0.2) is 63.8 Å². The quantitative estimate of drug-likeness (QED) is 0.420. The summed E-state index contributed by atoms with van der Waals surface area (Å²) in [5, 5.41) is 3.28. The second-order valence-electron chi connectivity index (χ2n) is 6.37. The predicted molar refractivity (Wildman–Crippen MR) is 105 cm³/mol. The molecule has 0 unspecified atom stereocenters. The van der Waals surface area contributed by atoms with E-state index < -0.39 is 0 Å². The van der Waals surface area contributed by atoms with Crippen molar-refractivity contribution in [1.29, 1.82) is 0 Å². The van der Waals surface area contributed by atoms with Gasteiger partial charge in [-0.05, 0) is 31.2 Å². The number of aryl methyl sites for hydroxylation is 1. The molecule has 2 aromatic heterocycles. The Morgan fingerprint density at radius 3 is 2.50 bits per heavy atom. The number of fused-ring (bicyclic) bond motifs is 6. The largest absolute Gasteiger partial charge is 0.493 e. The van der Waals surface area contributed by atoms with E-state index in [0.29, 0.717) is 27.7 Å². The molecule has 0 aliphatic heterocycles. The maximum Gasteiger partial charge on any atom is 0.202 e. The summed E-state index contributed by atoms with van der Waals surface area (Å²) >= 11 is 0. The second kappa shape index (κ2) is 5.36. The summed E-state index contributed by atoms with van der Waals surface area (Å²) < 4.78 is 13.9. The number of rotatable bonds is 2. The monoisotopic (exact) mass is 343 g/mol. The fraction of sp³-hybridized carbons (Fsp3) is 0.136. The van der Waals surface area contributed by atoms with Crippen molar-refractivity contribution in [2.75, 3.05) is 7.11 Å². The zero-order chi connectivity index (χ0) is 17.8. The van der Waals surface area contributed by atoms with Crippen molar-refractivity contribution in [1.82, 2.24) is 4.57 Å². The molecule has 0 spiro atoms. The van der Waals surface area contributed by atoms with Gasteiger partial charge in [-0.3, -0.25) is 4.79 Å². The molecule has 3 aromatic carbocycles. The number of methoxy groups -OCH3 is 1. The number of nitrogens with zero attached hydrogens (tertiary/aromatic N) is 1. The topological polar surface area (TPSA) is 44.4 Å². The van der Waals surface area contributed by atoms with E-state index in [-0.39, 0.29) is 5.43 Å². The summed E-state index contributed by atoms with van der Waals surface area (Å²) in [5.74, 6) is 0.578. The van der Waals surface area contributed by atoms with Gasteiger partial charge in [0, 0.05) is 22.8 Å². The minimum Gasteiger partial charge on any atom is -0.493 e. The first-order valence-corrected chi connectivity index (χ1v) is 8.68. The van der Waals surface area contributed by atoms with E-state index in [4.69, 9.17) is 9.15 Å². The van der Waals surface area contributed by atoms with Crippen LogP contribution in [0.2, 0.25) is 0 Å². The van der Waals surface area contributed by atoms with Crippen LogP contribution in [0.5, 0.6) is 5.75 Å². The number of ether oxygens (including phenoxy) is 1. The van der Waals surface area contributed by atoms with Gasteiger partial charge in [0.05, 0.1) is 23.4 Å². The molecule has 0 saturated carbocycles. The minimum absolute atomic E-state index is 0.0248. The van der Waals surface area contributed by atoms with Crippen molar-refractivity contribution in [3.8, 4) is 5.75 Å². The average molecular weight is 343 g/mol. The Hall–Kier alpha value is -3.27. The number of hydrogen-bond donors (Lipinski definition) is 0. The first-order chi connectivity index (χ1) is 12.7. The second-order valence-corrected chi connectivity index (χ2v) is 6.37. The number of hydrogen-bond acceptors (Lipinski definition) is 3. The minimum atomic E-state index is -0.0248. The van der Waals surface area contributed by atoms with Crippen LogP contribution in [-0.2, 0) is 6.54 Å². The molecule has 5 aromatic rings. The van der Waals surface area contributed by atoms with Crippen molar-refractivity contribution in [3.05, 3.63) is 64.8 Å². The van der Waals surface area contributed by atoms with E-state index in [1.165, 1.54) is 0 Å². The van der Waals surface area contributed by atoms with Gasteiger partial charge in [0.15, 0.2) is 11.3 Å². The average Bonchev–Trinajstić information content (AvgIpc) is 3.00. The van der Waals surface area contributed by atoms with Crippen LogP contribution in [0.1, 0.15) is 6.92 Å². The highest BCUT2D eigenvalue weighted by atomic mass is 16.5. The molecule has 0 atom stereocenters. The van der Waals surface area contributed by atoms with Crippen molar-refractivity contribution in [3.63, 3.8) is 0 Å². The van der Waals surface area contributed by atoms with Gasteiger partial charge in [-0.15, -0.1) is 0 Å². The van der Waals surface area contributed by atoms with Gasteiger partial charge in [0.1, 0.15) is 5.58 Å². The normalized spacial score (nSPS) is 11.8. The van der Waals surface area contributed by atoms with Gasteiger partial charge in [-0.2, -0.15) is 0 Å². The third-order valence-electron chi connectivity index (χ3n) is 5.08. The first kappa shape index (κ1) is 15.0. The van der Waals surface area contributed by atoms with Crippen LogP contribution in [-0.4, -0.2) is 11.7 Å². The molecule has 26 heavy (non-hydrogen) atoms. The summed E-state index contributed by atoms with van der Waals surface area (Å²) in [6.07, 6.45) is 0. The van der Waals surface area contributed by atoms with E-state index in [9.17, 15) is 4.79 Å². The van der Waals surface area contributed by atoms with Crippen LogP contribution < -0.4 is 10.2 Å².